The summed E-state index contributed by atoms with van der Waals surface area (Å²) in [6, 6.07) is 16.8. The highest BCUT2D eigenvalue weighted by atomic mass is 31.2. The van der Waals surface area contributed by atoms with Gasteiger partial charge in [-0.1, -0.05) is 36.4 Å². The molecule has 0 fully saturated rings. The molecular weight excluding hydrogens is 307 g/mol. The Morgan fingerprint density at radius 1 is 0.909 bits per heavy atom. The molecule has 22 heavy (non-hydrogen) atoms. The van der Waals surface area contributed by atoms with Crippen LogP contribution in [-0.4, -0.2) is 19.7 Å². The van der Waals surface area contributed by atoms with Crippen LogP contribution in [-0.2, 0) is 18.6 Å². The second kappa shape index (κ2) is 7.64. The van der Waals surface area contributed by atoms with E-state index in [0.717, 1.165) is 0 Å². The largest absolute Gasteiger partial charge is 0.588 e. The van der Waals surface area contributed by atoms with Gasteiger partial charge in [0, 0.05) is 0 Å². The Kier molecular flexibility index (Phi) is 5.58. The van der Waals surface area contributed by atoms with Gasteiger partial charge in [-0.25, -0.2) is 9.36 Å². The summed E-state index contributed by atoms with van der Waals surface area (Å²) in [6.45, 7) is -0.548. The average Bonchev–Trinajstić information content (AvgIpc) is 2.54. The number of rotatable bonds is 7. The van der Waals surface area contributed by atoms with Gasteiger partial charge in [0.1, 0.15) is 11.5 Å². The SMILES string of the molecule is COC(=O)COP(=O)(Oc1ccccc1)Oc1ccccc1. The van der Waals surface area contributed by atoms with Crippen LogP contribution in [0.15, 0.2) is 60.7 Å². The summed E-state index contributed by atoms with van der Waals surface area (Å²) in [6.07, 6.45) is 0. The van der Waals surface area contributed by atoms with Crippen molar-refractivity contribution >= 4 is 13.8 Å². The fourth-order valence-corrected chi connectivity index (χ4v) is 2.65. The summed E-state index contributed by atoms with van der Waals surface area (Å²) in [5.41, 5.74) is 0. The maximum Gasteiger partial charge on any atom is 0.588 e. The molecule has 116 valence electrons. The van der Waals surface area contributed by atoms with Crippen LogP contribution in [0.3, 0.4) is 0 Å². The first-order valence-electron chi connectivity index (χ1n) is 6.42. The first-order valence-corrected chi connectivity index (χ1v) is 7.88. The van der Waals surface area contributed by atoms with Crippen molar-refractivity contribution in [1.82, 2.24) is 0 Å². The summed E-state index contributed by atoms with van der Waals surface area (Å²) in [4.78, 5) is 11.2. The van der Waals surface area contributed by atoms with Gasteiger partial charge in [0.15, 0.2) is 6.61 Å². The first-order chi connectivity index (χ1) is 10.6. The average molecular weight is 322 g/mol. The smallest absolute Gasteiger partial charge is 0.467 e. The Morgan fingerprint density at radius 2 is 1.36 bits per heavy atom. The number of para-hydroxylation sites is 2. The molecule has 0 aliphatic rings. The fourth-order valence-electron chi connectivity index (χ4n) is 1.48. The normalized spacial score (nSPS) is 10.8. The van der Waals surface area contributed by atoms with E-state index in [4.69, 9.17) is 13.6 Å². The predicted molar refractivity (Wildman–Crippen MR) is 79.7 cm³/mol. The number of hydrogen-bond donors (Lipinski definition) is 0. The number of phosphoric acid groups is 1. The van der Waals surface area contributed by atoms with Crippen LogP contribution < -0.4 is 9.05 Å². The molecule has 6 nitrogen and oxygen atoms in total. The van der Waals surface area contributed by atoms with Crippen molar-refractivity contribution < 1.29 is 27.7 Å². The molecule has 0 aromatic heterocycles. The first kappa shape index (κ1) is 16.1. The molecule has 7 heteroatoms. The van der Waals surface area contributed by atoms with Gasteiger partial charge in [-0.3, -0.25) is 4.52 Å². The Hall–Kier alpha value is -2.30. The highest BCUT2D eigenvalue weighted by Crippen LogP contribution is 2.49. The third-order valence-electron chi connectivity index (χ3n) is 2.49. The van der Waals surface area contributed by atoms with E-state index in [9.17, 15) is 9.36 Å². The zero-order valence-electron chi connectivity index (χ0n) is 11.9. The van der Waals surface area contributed by atoms with Crippen molar-refractivity contribution in [3.8, 4) is 11.5 Å². The molecule has 2 aromatic carbocycles. The van der Waals surface area contributed by atoms with E-state index >= 15 is 0 Å². The molecule has 0 aliphatic carbocycles. The van der Waals surface area contributed by atoms with Crippen molar-refractivity contribution in [2.45, 2.75) is 0 Å². The molecule has 0 heterocycles. The lowest BCUT2D eigenvalue weighted by atomic mass is 10.3. The van der Waals surface area contributed by atoms with Gasteiger partial charge in [0.25, 0.3) is 0 Å². The summed E-state index contributed by atoms with van der Waals surface area (Å²) < 4.78 is 32.8. The van der Waals surface area contributed by atoms with Crippen molar-refractivity contribution in [2.24, 2.45) is 0 Å². The number of ether oxygens (including phenoxy) is 1. The minimum Gasteiger partial charge on any atom is -0.467 e. The van der Waals surface area contributed by atoms with E-state index in [2.05, 4.69) is 4.74 Å². The van der Waals surface area contributed by atoms with Crippen LogP contribution in [0, 0.1) is 0 Å². The summed E-state index contributed by atoms with van der Waals surface area (Å²) in [5, 5.41) is 0. The van der Waals surface area contributed by atoms with Crippen LogP contribution in [0.2, 0.25) is 0 Å². The molecule has 0 atom stereocenters. The lowest BCUT2D eigenvalue weighted by Crippen LogP contribution is -2.13. The Morgan fingerprint density at radius 3 is 1.77 bits per heavy atom. The zero-order valence-corrected chi connectivity index (χ0v) is 12.8. The molecule has 0 saturated carbocycles. The minimum atomic E-state index is -4.03. The van der Waals surface area contributed by atoms with Gasteiger partial charge in [-0.2, -0.15) is 0 Å². The molecule has 0 unspecified atom stereocenters. The van der Waals surface area contributed by atoms with Crippen LogP contribution in [0.4, 0.5) is 0 Å². The summed E-state index contributed by atoms with van der Waals surface area (Å²) in [7, 11) is -2.83. The molecule has 0 amide bonds. The summed E-state index contributed by atoms with van der Waals surface area (Å²) in [5.74, 6) is -0.0909. The van der Waals surface area contributed by atoms with Gasteiger partial charge in [-0.05, 0) is 24.3 Å². The number of esters is 1. The number of carbonyl (C=O) groups is 1. The van der Waals surface area contributed by atoms with E-state index < -0.39 is 20.4 Å². The van der Waals surface area contributed by atoms with E-state index in [-0.39, 0.29) is 0 Å². The molecule has 0 aliphatic heterocycles. The van der Waals surface area contributed by atoms with Crippen molar-refractivity contribution in [3.63, 3.8) is 0 Å². The number of methoxy groups -OCH3 is 1. The van der Waals surface area contributed by atoms with E-state index in [0.29, 0.717) is 11.5 Å². The van der Waals surface area contributed by atoms with Crippen LogP contribution in [0.25, 0.3) is 0 Å². The molecule has 0 bridgehead atoms. The molecule has 0 spiro atoms. The predicted octanol–water partition coefficient (Wildman–Crippen LogP) is 3.44. The van der Waals surface area contributed by atoms with Gasteiger partial charge in [0.05, 0.1) is 7.11 Å². The van der Waals surface area contributed by atoms with Gasteiger partial charge < -0.3 is 13.8 Å². The minimum absolute atomic E-state index is 0.298. The number of phosphoric ester groups is 1. The quantitative estimate of drug-likeness (QED) is 0.574. The maximum absolute atomic E-state index is 12.7. The monoisotopic (exact) mass is 322 g/mol. The highest BCUT2D eigenvalue weighted by molar-refractivity contribution is 7.49. The lowest BCUT2D eigenvalue weighted by Gasteiger charge is -2.18. The van der Waals surface area contributed by atoms with E-state index in [1.165, 1.54) is 7.11 Å². The summed E-state index contributed by atoms with van der Waals surface area (Å²) >= 11 is 0. The molecular formula is C15H15O6P. The Balaban J connectivity index is 2.15. The van der Waals surface area contributed by atoms with Crippen molar-refractivity contribution in [2.75, 3.05) is 13.7 Å². The Labute approximate surface area is 128 Å². The van der Waals surface area contributed by atoms with Crippen LogP contribution in [0.1, 0.15) is 0 Å². The number of carbonyl (C=O) groups excluding carboxylic acids is 1. The van der Waals surface area contributed by atoms with Crippen molar-refractivity contribution in [3.05, 3.63) is 60.7 Å². The standard InChI is InChI=1S/C15H15O6P/c1-18-15(16)12-19-22(17,20-13-8-4-2-5-9-13)21-14-10-6-3-7-11-14/h2-11H,12H2,1H3. The lowest BCUT2D eigenvalue weighted by molar-refractivity contribution is -0.143. The molecule has 0 radical (unpaired) electrons. The molecule has 2 rings (SSSR count). The number of hydrogen-bond acceptors (Lipinski definition) is 6. The van der Waals surface area contributed by atoms with Gasteiger partial charge in [0.2, 0.25) is 0 Å². The van der Waals surface area contributed by atoms with Crippen molar-refractivity contribution in [1.29, 1.82) is 0 Å². The van der Waals surface area contributed by atoms with Crippen LogP contribution >= 0.6 is 7.82 Å². The molecule has 0 saturated heterocycles. The van der Waals surface area contributed by atoms with Gasteiger partial charge >= 0.3 is 13.8 Å². The third-order valence-corrected chi connectivity index (χ3v) is 3.80. The second-order valence-electron chi connectivity index (χ2n) is 4.11. The Bertz CT molecular complexity index is 598. The zero-order chi connectivity index (χ0) is 15.8. The van der Waals surface area contributed by atoms with Crippen LogP contribution in [0.5, 0.6) is 11.5 Å². The highest BCUT2D eigenvalue weighted by Gasteiger charge is 2.32. The van der Waals surface area contributed by atoms with E-state index in [1.807, 2.05) is 0 Å². The number of benzene rings is 2. The maximum atomic E-state index is 12.7. The molecule has 0 N–H and O–H groups in total. The molecule has 2 aromatic rings. The van der Waals surface area contributed by atoms with E-state index in [1.54, 1.807) is 60.7 Å². The topological polar surface area (TPSA) is 71.1 Å². The third kappa shape index (κ3) is 4.91. The fraction of sp³-hybridized carbons (Fsp3) is 0.133. The van der Waals surface area contributed by atoms with Gasteiger partial charge in [-0.15, -0.1) is 0 Å². The second-order valence-corrected chi connectivity index (χ2v) is 5.62.